The molecule has 0 aliphatic rings. The van der Waals surface area contributed by atoms with Crippen molar-refractivity contribution in [3.05, 3.63) is 0 Å². The Balaban J connectivity index is -0.0000000450. The first-order chi connectivity index (χ1) is 1.73. The van der Waals surface area contributed by atoms with Gasteiger partial charge in [0.15, 0.2) is 0 Å². The number of rotatable bonds is 0. The van der Waals surface area contributed by atoms with E-state index in [9.17, 15) is 0 Å². The third-order valence-electron chi connectivity index (χ3n) is 0. The van der Waals surface area contributed by atoms with E-state index in [-0.39, 0.29) is 51.9 Å². The largest absolute Gasteiger partial charge is 3.00 e. The van der Waals surface area contributed by atoms with Crippen LogP contribution in [-0.2, 0) is 33.7 Å². The van der Waals surface area contributed by atoms with Gasteiger partial charge in [0.1, 0.15) is 0 Å². The van der Waals surface area contributed by atoms with Gasteiger partial charge in [-0.15, -0.1) is 11.4 Å². The van der Waals surface area contributed by atoms with Gasteiger partial charge in [-0.3, -0.25) is 4.21 Å². The Morgan fingerprint density at radius 2 is 1.33 bits per heavy atom. The normalized spacial score (nSPS) is 5.83. The molecule has 0 N–H and O–H groups in total. The first kappa shape index (κ1) is 15.7. The Labute approximate surface area is 75.8 Å². The van der Waals surface area contributed by atoms with E-state index < -0.39 is 11.4 Å². The molecule has 34 valence electrons. The summed E-state index contributed by atoms with van der Waals surface area (Å²) in [6.07, 6.45) is 0. The van der Waals surface area contributed by atoms with Gasteiger partial charge in [-0.25, -0.2) is 0 Å². The zero-order valence-corrected chi connectivity index (χ0v) is 7.92. The molecule has 6 heavy (non-hydrogen) atoms. The van der Waals surface area contributed by atoms with Crippen LogP contribution in [0, 0.1) is 0 Å². The van der Waals surface area contributed by atoms with Gasteiger partial charge < -0.3 is 9.11 Å². The van der Waals surface area contributed by atoms with Crippen LogP contribution in [0.4, 0.5) is 0 Å². The van der Waals surface area contributed by atoms with E-state index >= 15 is 0 Å². The summed E-state index contributed by atoms with van der Waals surface area (Å²) in [5.74, 6) is 0. The van der Waals surface area contributed by atoms with Crippen LogP contribution in [0.5, 0.6) is 0 Å². The van der Waals surface area contributed by atoms with Crippen LogP contribution < -0.4 is 29.6 Å². The topological polar surface area (TPSA) is 63.2 Å². The van der Waals surface area contributed by atoms with Crippen molar-refractivity contribution in [3.8, 4) is 0 Å². The summed E-state index contributed by atoms with van der Waals surface area (Å²) in [6.45, 7) is 0. The molecule has 6 heteroatoms. The first-order valence-electron chi connectivity index (χ1n) is 0.500. The molecule has 0 radical (unpaired) electrons. The van der Waals surface area contributed by atoms with Gasteiger partial charge in [0.25, 0.3) is 0 Å². The molecule has 3 nitrogen and oxygen atoms in total. The molecule has 0 aromatic heterocycles. The van der Waals surface area contributed by atoms with Gasteiger partial charge in [-0.2, -0.15) is 0 Å². The molecule has 0 aliphatic heterocycles. The Hall–Kier alpha value is 1.81. The van der Waals surface area contributed by atoms with E-state index in [0.717, 1.165) is 0 Å². The second kappa shape index (κ2) is 9.94. The summed E-state index contributed by atoms with van der Waals surface area (Å²) in [5, 5.41) is 0. The van der Waals surface area contributed by atoms with E-state index in [1.165, 1.54) is 0 Å². The molecule has 0 aromatic rings. The maximum Gasteiger partial charge on any atom is 3.00 e. The van der Waals surface area contributed by atoms with Crippen LogP contribution in [0.15, 0.2) is 0 Å². The Bertz CT molecular complexity index is 33.8. The van der Waals surface area contributed by atoms with E-state index in [4.69, 9.17) is 13.3 Å². The number of hydrogen-bond donors (Lipinski definition) is 0. The molecule has 0 spiro atoms. The van der Waals surface area contributed by atoms with E-state index in [1.807, 2.05) is 0 Å². The monoisotopic (exact) mass is 300 g/mol. The molecular weight excluding hydrogens is 300 g/mol. The fourth-order valence-corrected chi connectivity index (χ4v) is 0. The van der Waals surface area contributed by atoms with Crippen LogP contribution in [0.25, 0.3) is 0 Å². The molecule has 0 rings (SSSR count). The third-order valence-corrected chi connectivity index (χ3v) is 0. The van der Waals surface area contributed by atoms with E-state index in [0.29, 0.717) is 0 Å². The van der Waals surface area contributed by atoms with Gasteiger partial charge in [-0.05, 0) is 0 Å². The predicted molar refractivity (Wildman–Crippen MR) is 9.70 cm³/mol. The van der Waals surface area contributed by atoms with Crippen LogP contribution in [0.2, 0.25) is 0 Å². The van der Waals surface area contributed by atoms with Crippen LogP contribution in [0.3, 0.4) is 0 Å². The summed E-state index contributed by atoms with van der Waals surface area (Å²) in [7, 11) is 0. The van der Waals surface area contributed by atoms with Crippen LogP contribution in [-0.4, -0.2) is 13.3 Å². The van der Waals surface area contributed by atoms with Gasteiger partial charge in [-0.1, -0.05) is 0 Å². The molecule has 0 fully saturated rings. The number of hydrogen-bond acceptors (Lipinski definition) is 3. The molecule has 0 amide bonds. The van der Waals surface area contributed by atoms with Gasteiger partial charge in [0.2, 0.25) is 0 Å². The molecular formula is AuNaO3S+2. The second-order valence-electron chi connectivity index (χ2n) is 0.204. The van der Waals surface area contributed by atoms with Crippen molar-refractivity contribution in [2.45, 2.75) is 0 Å². The Morgan fingerprint density at radius 1 is 1.33 bits per heavy atom. The Kier molecular flexibility index (Phi) is 25.9. The van der Waals surface area contributed by atoms with E-state index in [2.05, 4.69) is 0 Å². The predicted octanol–water partition coefficient (Wildman–Crippen LogP) is -4.00. The second-order valence-corrected chi connectivity index (χ2v) is 0.612. The minimum Gasteiger partial charge on any atom is -0.784 e. The maximum atomic E-state index is 8.44. The van der Waals surface area contributed by atoms with Crippen molar-refractivity contribution < 1.29 is 65.3 Å². The van der Waals surface area contributed by atoms with Crippen molar-refractivity contribution in [2.24, 2.45) is 0 Å². The van der Waals surface area contributed by atoms with E-state index in [1.54, 1.807) is 0 Å². The van der Waals surface area contributed by atoms with Crippen molar-refractivity contribution in [3.63, 3.8) is 0 Å². The summed E-state index contributed by atoms with van der Waals surface area (Å²) < 4.78 is 25.3. The molecule has 0 saturated heterocycles. The smallest absolute Gasteiger partial charge is 0.784 e. The molecule has 0 aromatic carbocycles. The first-order valence-corrected chi connectivity index (χ1v) is 1.50. The summed E-state index contributed by atoms with van der Waals surface area (Å²) in [6, 6.07) is 0. The molecule has 0 aliphatic carbocycles. The van der Waals surface area contributed by atoms with Gasteiger partial charge in [0, 0.05) is 0 Å². The van der Waals surface area contributed by atoms with Crippen LogP contribution in [0.1, 0.15) is 0 Å². The van der Waals surface area contributed by atoms with Gasteiger partial charge >= 0.3 is 51.9 Å². The molecule has 0 atom stereocenters. The SMILES string of the molecule is O=S([O-])[O-].[Au+3].[Na+]. The average Bonchev–Trinajstić information content (AvgIpc) is 0.811. The minimum atomic E-state index is -3.11. The standard InChI is InChI=1S/Au.Na.H2O3S/c;;1-4(2)3/h;;(H2,1,2,3)/q+3;+1;/p-2. The van der Waals surface area contributed by atoms with Gasteiger partial charge in [0.05, 0.1) is 0 Å². The Morgan fingerprint density at radius 3 is 1.33 bits per heavy atom. The molecule has 0 heterocycles. The van der Waals surface area contributed by atoms with Crippen molar-refractivity contribution in [2.75, 3.05) is 0 Å². The molecule has 0 unspecified atom stereocenters. The summed E-state index contributed by atoms with van der Waals surface area (Å²) in [4.78, 5) is 0. The summed E-state index contributed by atoms with van der Waals surface area (Å²) >= 11 is -3.11. The van der Waals surface area contributed by atoms with Crippen molar-refractivity contribution in [1.82, 2.24) is 0 Å². The van der Waals surface area contributed by atoms with Crippen LogP contribution >= 0.6 is 0 Å². The van der Waals surface area contributed by atoms with Crippen molar-refractivity contribution in [1.29, 1.82) is 0 Å². The van der Waals surface area contributed by atoms with Crippen molar-refractivity contribution >= 4 is 11.4 Å². The summed E-state index contributed by atoms with van der Waals surface area (Å²) in [5.41, 5.74) is 0. The average molecular weight is 300 g/mol. The molecule has 0 bridgehead atoms. The zero-order valence-electron chi connectivity index (χ0n) is 2.93. The molecule has 0 saturated carbocycles. The maximum absolute atomic E-state index is 8.44. The third kappa shape index (κ3) is 41.0. The quantitative estimate of drug-likeness (QED) is 0.338. The minimum absolute atomic E-state index is 0. The fourth-order valence-electron chi connectivity index (χ4n) is 0. The fraction of sp³-hybridized carbons (Fsp3) is 0. The zero-order chi connectivity index (χ0) is 3.58.